The van der Waals surface area contributed by atoms with Crippen LogP contribution in [0.3, 0.4) is 0 Å². The van der Waals surface area contributed by atoms with E-state index in [9.17, 15) is 13.2 Å². The van der Waals surface area contributed by atoms with Gasteiger partial charge in [-0.3, -0.25) is 4.79 Å². The first-order valence-corrected chi connectivity index (χ1v) is 9.45. The Bertz CT molecular complexity index is 844. The summed E-state index contributed by atoms with van der Waals surface area (Å²) in [6.45, 7) is 3.85. The summed E-state index contributed by atoms with van der Waals surface area (Å²) in [4.78, 5) is 12.9. The summed E-state index contributed by atoms with van der Waals surface area (Å²) >= 11 is 0. The van der Waals surface area contributed by atoms with Crippen LogP contribution in [-0.2, 0) is 26.8 Å². The van der Waals surface area contributed by atoms with Gasteiger partial charge in [-0.05, 0) is 31.0 Å². The van der Waals surface area contributed by atoms with Crippen LogP contribution in [0.4, 0.5) is 0 Å². The van der Waals surface area contributed by atoms with Crippen LogP contribution in [0.15, 0.2) is 59.5 Å². The van der Waals surface area contributed by atoms with Gasteiger partial charge in [0.1, 0.15) is 0 Å². The highest BCUT2D eigenvalue weighted by molar-refractivity contribution is 7.89. The van der Waals surface area contributed by atoms with E-state index in [0.29, 0.717) is 5.56 Å². The Balaban J connectivity index is 2.21. The monoisotopic (exact) mass is 360 g/mol. The summed E-state index contributed by atoms with van der Waals surface area (Å²) < 4.78 is 26.0. The number of rotatable bonds is 6. The van der Waals surface area contributed by atoms with Crippen molar-refractivity contribution in [2.75, 3.05) is 14.1 Å². The van der Waals surface area contributed by atoms with Gasteiger partial charge in [0.05, 0.1) is 10.3 Å². The molecule has 0 fully saturated rings. The Labute approximate surface area is 149 Å². The molecule has 25 heavy (non-hydrogen) atoms. The first-order chi connectivity index (χ1) is 11.7. The maximum absolute atomic E-state index is 12.7. The molecular formula is C19H24N2O3S. The average molecular weight is 360 g/mol. The van der Waals surface area contributed by atoms with Crippen molar-refractivity contribution in [2.45, 2.75) is 30.7 Å². The molecule has 134 valence electrons. The lowest BCUT2D eigenvalue weighted by molar-refractivity contribution is -0.125. The first kappa shape index (κ1) is 19.1. The average Bonchev–Trinajstić information content (AvgIpc) is 2.60. The van der Waals surface area contributed by atoms with Crippen molar-refractivity contribution in [2.24, 2.45) is 0 Å². The topological polar surface area (TPSA) is 66.5 Å². The number of hydrogen-bond acceptors (Lipinski definition) is 3. The second-order valence-electron chi connectivity index (χ2n) is 6.57. The van der Waals surface area contributed by atoms with Crippen molar-refractivity contribution in [1.82, 2.24) is 9.62 Å². The second kappa shape index (κ2) is 7.37. The minimum atomic E-state index is -3.56. The molecule has 0 heterocycles. The number of sulfonamides is 1. The van der Waals surface area contributed by atoms with Crippen molar-refractivity contribution in [3.63, 3.8) is 0 Å². The zero-order valence-corrected chi connectivity index (χ0v) is 15.8. The van der Waals surface area contributed by atoms with Crippen LogP contribution in [-0.4, -0.2) is 32.7 Å². The largest absolute Gasteiger partial charge is 0.351 e. The Morgan fingerprint density at radius 3 is 2.16 bits per heavy atom. The molecule has 2 rings (SSSR count). The third-order valence-electron chi connectivity index (χ3n) is 4.23. The van der Waals surface area contributed by atoms with Crippen molar-refractivity contribution in [3.8, 4) is 0 Å². The summed E-state index contributed by atoms with van der Waals surface area (Å²) in [5, 5.41) is 2.87. The molecule has 0 unspecified atom stereocenters. The summed E-state index contributed by atoms with van der Waals surface area (Å²) in [6, 6.07) is 16.2. The van der Waals surface area contributed by atoms with Gasteiger partial charge in [-0.2, -0.15) is 0 Å². The summed E-state index contributed by atoms with van der Waals surface area (Å²) in [7, 11) is -0.582. The molecular weight excluding hydrogens is 336 g/mol. The van der Waals surface area contributed by atoms with Crippen LogP contribution in [0.5, 0.6) is 0 Å². The van der Waals surface area contributed by atoms with E-state index in [1.54, 1.807) is 24.3 Å². The van der Waals surface area contributed by atoms with Crippen LogP contribution in [0.25, 0.3) is 0 Å². The zero-order valence-electron chi connectivity index (χ0n) is 15.0. The van der Waals surface area contributed by atoms with Crippen LogP contribution < -0.4 is 5.32 Å². The predicted octanol–water partition coefficient (Wildman–Crippen LogP) is 2.53. The molecule has 0 aliphatic carbocycles. The van der Waals surface area contributed by atoms with Crippen LogP contribution in [0.1, 0.15) is 25.0 Å². The molecule has 5 nitrogen and oxygen atoms in total. The lowest BCUT2D eigenvalue weighted by Gasteiger charge is -2.24. The van der Waals surface area contributed by atoms with Gasteiger partial charge >= 0.3 is 0 Å². The summed E-state index contributed by atoms with van der Waals surface area (Å²) in [5.74, 6) is -0.157. The van der Waals surface area contributed by atoms with E-state index in [0.717, 1.165) is 5.56 Å². The van der Waals surface area contributed by atoms with E-state index in [-0.39, 0.29) is 17.3 Å². The number of amides is 1. The lowest BCUT2D eigenvalue weighted by atomic mass is 9.84. The van der Waals surface area contributed by atoms with Crippen LogP contribution in [0, 0.1) is 0 Å². The van der Waals surface area contributed by atoms with E-state index in [1.165, 1.54) is 18.4 Å². The van der Waals surface area contributed by atoms with Crippen LogP contribution in [0.2, 0.25) is 0 Å². The SMILES string of the molecule is CN(C)S(=O)(=O)c1ccccc1CNC(=O)C(C)(C)c1ccccc1. The standard InChI is InChI=1S/C19H24N2O3S/c1-19(2,16-11-6-5-7-12-16)18(22)20-14-15-10-8-9-13-17(15)25(23,24)21(3)4/h5-13H,14H2,1-4H3,(H,20,22). The Kier molecular flexibility index (Phi) is 5.65. The number of nitrogens with one attached hydrogen (secondary N) is 1. The molecule has 0 aliphatic heterocycles. The van der Waals surface area contributed by atoms with E-state index in [1.807, 2.05) is 44.2 Å². The lowest BCUT2D eigenvalue weighted by Crippen LogP contribution is -2.40. The molecule has 0 saturated carbocycles. The maximum Gasteiger partial charge on any atom is 0.242 e. The fraction of sp³-hybridized carbons (Fsp3) is 0.316. The molecule has 0 radical (unpaired) electrons. The number of carbonyl (C=O) groups is 1. The number of benzene rings is 2. The van der Waals surface area contributed by atoms with Crippen molar-refractivity contribution < 1.29 is 13.2 Å². The van der Waals surface area contributed by atoms with Gasteiger partial charge in [0, 0.05) is 20.6 Å². The normalized spacial score (nSPS) is 12.2. The van der Waals surface area contributed by atoms with E-state index >= 15 is 0 Å². The fourth-order valence-electron chi connectivity index (χ4n) is 2.48. The molecule has 0 aromatic heterocycles. The highest BCUT2D eigenvalue weighted by Gasteiger charge is 2.30. The Morgan fingerprint density at radius 1 is 1.00 bits per heavy atom. The molecule has 0 aliphatic rings. The van der Waals surface area contributed by atoms with Gasteiger partial charge in [-0.25, -0.2) is 12.7 Å². The minimum absolute atomic E-state index is 0.151. The molecule has 0 spiro atoms. The quantitative estimate of drug-likeness (QED) is 0.861. The molecule has 1 amide bonds. The van der Waals surface area contributed by atoms with Crippen molar-refractivity contribution in [1.29, 1.82) is 0 Å². The molecule has 0 bridgehead atoms. The third-order valence-corrected chi connectivity index (χ3v) is 6.15. The summed E-state index contributed by atoms with van der Waals surface area (Å²) in [6.07, 6.45) is 0. The molecule has 6 heteroatoms. The van der Waals surface area contributed by atoms with Gasteiger partial charge in [0.15, 0.2) is 0 Å². The molecule has 2 aromatic rings. The Morgan fingerprint density at radius 2 is 1.56 bits per heavy atom. The maximum atomic E-state index is 12.7. The zero-order chi connectivity index (χ0) is 18.7. The van der Waals surface area contributed by atoms with Gasteiger partial charge in [0.25, 0.3) is 0 Å². The highest BCUT2D eigenvalue weighted by Crippen LogP contribution is 2.24. The van der Waals surface area contributed by atoms with Crippen molar-refractivity contribution >= 4 is 15.9 Å². The fourth-order valence-corrected chi connectivity index (χ4v) is 3.60. The van der Waals surface area contributed by atoms with Gasteiger partial charge in [-0.15, -0.1) is 0 Å². The summed E-state index contributed by atoms with van der Waals surface area (Å²) in [5.41, 5.74) is 0.756. The van der Waals surface area contributed by atoms with Gasteiger partial charge < -0.3 is 5.32 Å². The minimum Gasteiger partial charge on any atom is -0.351 e. The highest BCUT2D eigenvalue weighted by atomic mass is 32.2. The van der Waals surface area contributed by atoms with E-state index in [4.69, 9.17) is 0 Å². The molecule has 0 saturated heterocycles. The van der Waals surface area contributed by atoms with Crippen molar-refractivity contribution in [3.05, 3.63) is 65.7 Å². The molecule has 0 atom stereocenters. The third kappa shape index (κ3) is 4.08. The van der Waals surface area contributed by atoms with Gasteiger partial charge in [0.2, 0.25) is 15.9 Å². The number of carbonyl (C=O) groups excluding carboxylic acids is 1. The van der Waals surface area contributed by atoms with E-state index in [2.05, 4.69) is 5.32 Å². The smallest absolute Gasteiger partial charge is 0.242 e. The predicted molar refractivity (Wildman–Crippen MR) is 98.6 cm³/mol. The molecule has 2 aromatic carbocycles. The van der Waals surface area contributed by atoms with Crippen LogP contribution >= 0.6 is 0 Å². The first-order valence-electron chi connectivity index (χ1n) is 8.01. The second-order valence-corrected chi connectivity index (χ2v) is 8.69. The number of hydrogen-bond donors (Lipinski definition) is 1. The number of nitrogens with zero attached hydrogens (tertiary/aromatic N) is 1. The molecule has 1 N–H and O–H groups in total. The van der Waals surface area contributed by atoms with E-state index < -0.39 is 15.4 Å². The Hall–Kier alpha value is -2.18. The van der Waals surface area contributed by atoms with Gasteiger partial charge in [-0.1, -0.05) is 48.5 Å².